The van der Waals surface area contributed by atoms with Crippen molar-refractivity contribution in [1.29, 1.82) is 0 Å². The molecule has 1 aromatic carbocycles. The molecule has 0 bridgehead atoms. The summed E-state index contributed by atoms with van der Waals surface area (Å²) in [6.45, 7) is 3.57. The predicted molar refractivity (Wildman–Crippen MR) is 80.0 cm³/mol. The van der Waals surface area contributed by atoms with Crippen LogP contribution >= 0.6 is 0 Å². The van der Waals surface area contributed by atoms with Gasteiger partial charge < -0.3 is 5.32 Å². The molecule has 2 aliphatic rings. The minimum Gasteiger partial charge on any atom is -0.314 e. The fourth-order valence-electron chi connectivity index (χ4n) is 3.88. The zero-order valence-electron chi connectivity index (χ0n) is 12.5. The standard InChI is InChI=1S/C17H24F2N2/c18-15-8-13(9-16(19)10-15)12-21-7-6-20-11-17(21)14-4-2-1-3-5-14/h8-10,14,17,20H,1-7,11-12H2. The van der Waals surface area contributed by atoms with E-state index in [1.54, 1.807) is 0 Å². The summed E-state index contributed by atoms with van der Waals surface area (Å²) in [5, 5.41) is 3.48. The molecule has 1 atom stereocenters. The van der Waals surface area contributed by atoms with Crippen molar-refractivity contribution in [3.8, 4) is 0 Å². The second-order valence-corrected chi connectivity index (χ2v) is 6.42. The van der Waals surface area contributed by atoms with Gasteiger partial charge in [-0.3, -0.25) is 4.90 Å². The van der Waals surface area contributed by atoms with Crippen LogP contribution in [0.1, 0.15) is 37.7 Å². The van der Waals surface area contributed by atoms with Crippen LogP contribution in [-0.2, 0) is 6.54 Å². The van der Waals surface area contributed by atoms with E-state index in [-0.39, 0.29) is 0 Å². The van der Waals surface area contributed by atoms with Gasteiger partial charge in [-0.15, -0.1) is 0 Å². The third kappa shape index (κ3) is 3.80. The van der Waals surface area contributed by atoms with Gasteiger partial charge in [0.1, 0.15) is 11.6 Å². The first-order valence-corrected chi connectivity index (χ1v) is 8.12. The molecule has 1 saturated carbocycles. The number of hydrogen-bond acceptors (Lipinski definition) is 2. The highest BCUT2D eigenvalue weighted by atomic mass is 19.1. The molecule has 1 aromatic rings. The number of benzene rings is 1. The highest BCUT2D eigenvalue weighted by Gasteiger charge is 2.30. The van der Waals surface area contributed by atoms with Crippen LogP contribution in [-0.4, -0.2) is 30.6 Å². The van der Waals surface area contributed by atoms with E-state index in [2.05, 4.69) is 10.2 Å². The highest BCUT2D eigenvalue weighted by molar-refractivity contribution is 5.18. The molecule has 0 spiro atoms. The lowest BCUT2D eigenvalue weighted by molar-refractivity contribution is 0.0858. The van der Waals surface area contributed by atoms with E-state index in [9.17, 15) is 8.78 Å². The van der Waals surface area contributed by atoms with E-state index in [1.165, 1.54) is 44.2 Å². The molecule has 2 nitrogen and oxygen atoms in total. The summed E-state index contributed by atoms with van der Waals surface area (Å²) in [7, 11) is 0. The molecular weight excluding hydrogens is 270 g/mol. The molecule has 0 amide bonds. The maximum atomic E-state index is 13.4. The largest absolute Gasteiger partial charge is 0.314 e. The van der Waals surface area contributed by atoms with Crippen molar-refractivity contribution in [3.63, 3.8) is 0 Å². The molecule has 1 unspecified atom stereocenters. The van der Waals surface area contributed by atoms with Crippen LogP contribution in [0.5, 0.6) is 0 Å². The van der Waals surface area contributed by atoms with Crippen molar-refractivity contribution in [2.45, 2.75) is 44.7 Å². The second-order valence-electron chi connectivity index (χ2n) is 6.42. The maximum absolute atomic E-state index is 13.4. The fraction of sp³-hybridized carbons (Fsp3) is 0.647. The topological polar surface area (TPSA) is 15.3 Å². The molecule has 1 N–H and O–H groups in total. The Bertz CT molecular complexity index is 452. The Kier molecular flexibility index (Phi) is 4.86. The average Bonchev–Trinajstić information content (AvgIpc) is 2.48. The summed E-state index contributed by atoms with van der Waals surface area (Å²) in [6.07, 6.45) is 6.58. The molecule has 116 valence electrons. The van der Waals surface area contributed by atoms with E-state index in [0.29, 0.717) is 12.6 Å². The molecule has 0 aromatic heterocycles. The van der Waals surface area contributed by atoms with Crippen LogP contribution < -0.4 is 5.32 Å². The summed E-state index contributed by atoms with van der Waals surface area (Å²) in [4.78, 5) is 2.42. The number of halogens is 2. The first-order chi connectivity index (χ1) is 10.2. The van der Waals surface area contributed by atoms with Crippen molar-refractivity contribution in [3.05, 3.63) is 35.4 Å². The molecule has 21 heavy (non-hydrogen) atoms. The Hall–Kier alpha value is -1.00. The lowest BCUT2D eigenvalue weighted by Crippen LogP contribution is -2.54. The molecule has 1 aliphatic heterocycles. The fourth-order valence-corrected chi connectivity index (χ4v) is 3.88. The Labute approximate surface area is 125 Å². The Morgan fingerprint density at radius 1 is 1.05 bits per heavy atom. The van der Waals surface area contributed by atoms with Crippen molar-refractivity contribution in [2.75, 3.05) is 19.6 Å². The minimum atomic E-state index is -0.477. The number of rotatable bonds is 3. The Balaban J connectivity index is 1.71. The summed E-state index contributed by atoms with van der Waals surface area (Å²) in [5.41, 5.74) is 0.746. The first kappa shape index (κ1) is 14.9. The van der Waals surface area contributed by atoms with E-state index < -0.39 is 11.6 Å². The summed E-state index contributed by atoms with van der Waals surface area (Å²) < 4.78 is 26.7. The Morgan fingerprint density at radius 3 is 2.48 bits per heavy atom. The van der Waals surface area contributed by atoms with Crippen molar-refractivity contribution >= 4 is 0 Å². The van der Waals surface area contributed by atoms with Crippen LogP contribution in [0.25, 0.3) is 0 Å². The third-order valence-electron chi connectivity index (χ3n) is 4.90. The van der Waals surface area contributed by atoms with Gasteiger partial charge in [0, 0.05) is 38.3 Å². The van der Waals surface area contributed by atoms with Crippen molar-refractivity contribution < 1.29 is 8.78 Å². The summed E-state index contributed by atoms with van der Waals surface area (Å²) in [5.74, 6) is -0.228. The van der Waals surface area contributed by atoms with E-state index >= 15 is 0 Å². The molecule has 1 heterocycles. The Morgan fingerprint density at radius 2 is 1.76 bits per heavy atom. The lowest BCUT2D eigenvalue weighted by Gasteiger charge is -2.42. The van der Waals surface area contributed by atoms with Crippen LogP contribution in [0.4, 0.5) is 8.78 Å². The monoisotopic (exact) mass is 294 g/mol. The highest BCUT2D eigenvalue weighted by Crippen LogP contribution is 2.30. The van der Waals surface area contributed by atoms with Crippen LogP contribution in [0.3, 0.4) is 0 Å². The minimum absolute atomic E-state index is 0.477. The molecule has 1 aliphatic carbocycles. The summed E-state index contributed by atoms with van der Waals surface area (Å²) in [6, 6.07) is 4.37. The van der Waals surface area contributed by atoms with Gasteiger partial charge in [-0.1, -0.05) is 19.3 Å². The van der Waals surface area contributed by atoms with E-state index in [1.807, 2.05) is 0 Å². The number of nitrogens with one attached hydrogen (secondary N) is 1. The molecule has 0 radical (unpaired) electrons. The van der Waals surface area contributed by atoms with Gasteiger partial charge in [0.25, 0.3) is 0 Å². The van der Waals surface area contributed by atoms with Crippen LogP contribution in [0.15, 0.2) is 18.2 Å². The van der Waals surface area contributed by atoms with Gasteiger partial charge in [-0.2, -0.15) is 0 Å². The number of nitrogens with zero attached hydrogens (tertiary/aromatic N) is 1. The van der Waals surface area contributed by atoms with Gasteiger partial charge in [-0.25, -0.2) is 8.78 Å². The maximum Gasteiger partial charge on any atom is 0.126 e. The molecule has 3 rings (SSSR count). The molecule has 2 fully saturated rings. The third-order valence-corrected chi connectivity index (χ3v) is 4.90. The van der Waals surface area contributed by atoms with Crippen molar-refractivity contribution in [1.82, 2.24) is 10.2 Å². The SMILES string of the molecule is Fc1cc(F)cc(CN2CCNCC2C2CCCCC2)c1. The molecular formula is C17H24F2N2. The lowest BCUT2D eigenvalue weighted by atomic mass is 9.82. The molecule has 1 saturated heterocycles. The van der Waals surface area contributed by atoms with Crippen LogP contribution in [0.2, 0.25) is 0 Å². The first-order valence-electron chi connectivity index (χ1n) is 8.12. The normalized spacial score (nSPS) is 25.1. The van der Waals surface area contributed by atoms with Gasteiger partial charge >= 0.3 is 0 Å². The van der Waals surface area contributed by atoms with Crippen molar-refractivity contribution in [2.24, 2.45) is 5.92 Å². The number of hydrogen-bond donors (Lipinski definition) is 1. The molecule has 4 heteroatoms. The van der Waals surface area contributed by atoms with Gasteiger partial charge in [0.15, 0.2) is 0 Å². The van der Waals surface area contributed by atoms with E-state index in [4.69, 9.17) is 0 Å². The van der Waals surface area contributed by atoms with E-state index in [0.717, 1.165) is 37.2 Å². The zero-order chi connectivity index (χ0) is 14.7. The van der Waals surface area contributed by atoms with Gasteiger partial charge in [-0.05, 0) is 36.5 Å². The summed E-state index contributed by atoms with van der Waals surface area (Å²) >= 11 is 0. The second kappa shape index (κ2) is 6.84. The van der Waals surface area contributed by atoms with Crippen LogP contribution in [0, 0.1) is 17.6 Å². The average molecular weight is 294 g/mol. The van der Waals surface area contributed by atoms with Gasteiger partial charge in [0.05, 0.1) is 0 Å². The predicted octanol–water partition coefficient (Wildman–Crippen LogP) is 3.32. The number of piperazine rings is 1. The zero-order valence-corrected chi connectivity index (χ0v) is 12.5. The van der Waals surface area contributed by atoms with Gasteiger partial charge in [0.2, 0.25) is 0 Å². The smallest absolute Gasteiger partial charge is 0.126 e. The quantitative estimate of drug-likeness (QED) is 0.920.